The number of ether oxygens (including phenoxy) is 1. The summed E-state index contributed by atoms with van der Waals surface area (Å²) in [5.41, 5.74) is 5.85. The van der Waals surface area contributed by atoms with Gasteiger partial charge in [-0.1, -0.05) is 27.7 Å². The minimum Gasteiger partial charge on any atom is -0.389 e. The highest BCUT2D eigenvalue weighted by Crippen LogP contribution is 2.53. The lowest BCUT2D eigenvalue weighted by Crippen LogP contribution is -2.58. The zero-order valence-corrected chi connectivity index (χ0v) is 14.5. The first-order valence-electron chi connectivity index (χ1n) is 8.80. The van der Waals surface area contributed by atoms with Gasteiger partial charge in [-0.05, 0) is 43.4 Å². The molecule has 2 atom stereocenters. The summed E-state index contributed by atoms with van der Waals surface area (Å²) in [5, 5.41) is 11.4. The molecule has 2 aliphatic rings. The molecule has 2 fully saturated rings. The van der Waals surface area contributed by atoms with Gasteiger partial charge in [0.1, 0.15) is 0 Å². The Morgan fingerprint density at radius 3 is 2.29 bits per heavy atom. The van der Waals surface area contributed by atoms with Crippen LogP contribution in [-0.2, 0) is 4.74 Å². The second kappa shape index (κ2) is 6.17. The lowest BCUT2D eigenvalue weighted by Gasteiger charge is -2.54. The van der Waals surface area contributed by atoms with Gasteiger partial charge in [0.25, 0.3) is 0 Å². The van der Waals surface area contributed by atoms with Gasteiger partial charge in [0.2, 0.25) is 0 Å². The molecule has 124 valence electrons. The van der Waals surface area contributed by atoms with Crippen LogP contribution >= 0.6 is 0 Å². The van der Waals surface area contributed by atoms with Crippen LogP contribution in [0.1, 0.15) is 72.6 Å². The topological polar surface area (TPSA) is 55.5 Å². The lowest BCUT2D eigenvalue weighted by molar-refractivity contribution is -0.180. The van der Waals surface area contributed by atoms with Gasteiger partial charge in [-0.15, -0.1) is 0 Å². The molecular formula is C18H35NO2. The predicted molar refractivity (Wildman–Crippen MR) is 87.1 cm³/mol. The van der Waals surface area contributed by atoms with E-state index in [1.54, 1.807) is 0 Å². The second-order valence-electron chi connectivity index (χ2n) is 8.51. The Kier molecular flexibility index (Phi) is 5.07. The highest BCUT2D eigenvalue weighted by Gasteiger charge is 2.53. The van der Waals surface area contributed by atoms with Crippen molar-refractivity contribution < 1.29 is 9.84 Å². The summed E-state index contributed by atoms with van der Waals surface area (Å²) in [6.45, 7) is 10.4. The zero-order chi connectivity index (χ0) is 15.7. The van der Waals surface area contributed by atoms with Crippen molar-refractivity contribution in [3.63, 3.8) is 0 Å². The summed E-state index contributed by atoms with van der Waals surface area (Å²) in [7, 11) is 0. The maximum absolute atomic E-state index is 11.4. The molecule has 3 N–H and O–H groups in total. The molecule has 3 nitrogen and oxygen atoms in total. The summed E-state index contributed by atoms with van der Waals surface area (Å²) in [4.78, 5) is 0. The standard InChI is InChI=1S/C18H35NO2/c1-5-15-12-18(20,10-11-21-15)17(13-19)8-6-14(7-9-17)16(2,3)4/h14-15,20H,5-13,19H2,1-4H3. The van der Waals surface area contributed by atoms with Crippen LogP contribution in [0, 0.1) is 16.7 Å². The van der Waals surface area contributed by atoms with Crippen molar-refractivity contribution in [3.8, 4) is 0 Å². The smallest absolute Gasteiger partial charge is 0.0762 e. The van der Waals surface area contributed by atoms with E-state index in [9.17, 15) is 5.11 Å². The molecule has 0 aromatic heterocycles. The second-order valence-corrected chi connectivity index (χ2v) is 8.51. The monoisotopic (exact) mass is 297 g/mol. The molecule has 0 amide bonds. The lowest BCUT2D eigenvalue weighted by atomic mass is 9.56. The van der Waals surface area contributed by atoms with E-state index in [2.05, 4.69) is 27.7 Å². The zero-order valence-electron chi connectivity index (χ0n) is 14.5. The first-order valence-corrected chi connectivity index (χ1v) is 8.80. The van der Waals surface area contributed by atoms with Gasteiger partial charge >= 0.3 is 0 Å². The highest BCUT2D eigenvalue weighted by molar-refractivity contribution is 5.05. The summed E-state index contributed by atoms with van der Waals surface area (Å²) >= 11 is 0. The number of nitrogens with two attached hydrogens (primary N) is 1. The Labute approximate surface area is 130 Å². The van der Waals surface area contributed by atoms with Crippen molar-refractivity contribution in [1.29, 1.82) is 0 Å². The normalized spacial score (nSPS) is 42.0. The molecule has 1 saturated heterocycles. The highest BCUT2D eigenvalue weighted by atomic mass is 16.5. The van der Waals surface area contributed by atoms with E-state index in [4.69, 9.17) is 10.5 Å². The van der Waals surface area contributed by atoms with Crippen molar-refractivity contribution in [2.75, 3.05) is 13.2 Å². The van der Waals surface area contributed by atoms with Crippen molar-refractivity contribution in [3.05, 3.63) is 0 Å². The fourth-order valence-electron chi connectivity index (χ4n) is 4.57. The maximum atomic E-state index is 11.4. The van der Waals surface area contributed by atoms with E-state index < -0.39 is 5.60 Å². The molecule has 0 spiro atoms. The van der Waals surface area contributed by atoms with Crippen LogP contribution in [0.25, 0.3) is 0 Å². The Balaban J connectivity index is 2.12. The van der Waals surface area contributed by atoms with Crippen LogP contribution in [-0.4, -0.2) is 30.0 Å². The van der Waals surface area contributed by atoms with Gasteiger partial charge in [0, 0.05) is 31.4 Å². The van der Waals surface area contributed by atoms with E-state index in [1.165, 1.54) is 12.8 Å². The quantitative estimate of drug-likeness (QED) is 0.838. The predicted octanol–water partition coefficient (Wildman–Crippen LogP) is 3.49. The van der Waals surface area contributed by atoms with E-state index in [0.717, 1.165) is 38.0 Å². The number of rotatable bonds is 3. The van der Waals surface area contributed by atoms with Crippen LogP contribution in [0.4, 0.5) is 0 Å². The molecule has 1 saturated carbocycles. The number of aliphatic hydroxyl groups is 1. The van der Waals surface area contributed by atoms with Gasteiger partial charge < -0.3 is 15.6 Å². The number of hydrogen-bond acceptors (Lipinski definition) is 3. The van der Waals surface area contributed by atoms with E-state index >= 15 is 0 Å². The summed E-state index contributed by atoms with van der Waals surface area (Å²) in [5.74, 6) is 0.752. The molecular weight excluding hydrogens is 262 g/mol. The Morgan fingerprint density at radius 2 is 1.81 bits per heavy atom. The average molecular weight is 297 g/mol. The average Bonchev–Trinajstić information content (AvgIpc) is 2.46. The maximum Gasteiger partial charge on any atom is 0.0762 e. The van der Waals surface area contributed by atoms with Gasteiger partial charge in [-0.2, -0.15) is 0 Å². The fourth-order valence-corrected chi connectivity index (χ4v) is 4.57. The summed E-state index contributed by atoms with van der Waals surface area (Å²) in [6, 6.07) is 0. The Hall–Kier alpha value is -0.120. The molecule has 3 heteroatoms. The molecule has 0 radical (unpaired) electrons. The van der Waals surface area contributed by atoms with Crippen molar-refractivity contribution >= 4 is 0 Å². The van der Waals surface area contributed by atoms with Crippen LogP contribution in [0.3, 0.4) is 0 Å². The Bertz CT molecular complexity index is 342. The summed E-state index contributed by atoms with van der Waals surface area (Å²) < 4.78 is 5.78. The molecule has 0 aromatic carbocycles. The van der Waals surface area contributed by atoms with Crippen LogP contribution < -0.4 is 5.73 Å². The van der Waals surface area contributed by atoms with Gasteiger partial charge in [-0.3, -0.25) is 0 Å². The van der Waals surface area contributed by atoms with E-state index in [1.807, 2.05) is 0 Å². The van der Waals surface area contributed by atoms with Crippen LogP contribution in [0.15, 0.2) is 0 Å². The van der Waals surface area contributed by atoms with Gasteiger partial charge in [0.15, 0.2) is 0 Å². The molecule has 2 rings (SSSR count). The molecule has 0 bridgehead atoms. The molecule has 21 heavy (non-hydrogen) atoms. The third kappa shape index (κ3) is 3.30. The molecule has 0 aromatic rings. The van der Waals surface area contributed by atoms with Crippen LogP contribution in [0.2, 0.25) is 0 Å². The largest absolute Gasteiger partial charge is 0.389 e. The SMILES string of the molecule is CCC1CC(O)(C2(CN)CCC(C(C)(C)C)CC2)CCO1. The van der Waals surface area contributed by atoms with Crippen molar-refractivity contribution in [1.82, 2.24) is 0 Å². The van der Waals surface area contributed by atoms with Crippen LogP contribution in [0.5, 0.6) is 0 Å². The molecule has 1 heterocycles. The van der Waals surface area contributed by atoms with Crippen molar-refractivity contribution in [2.45, 2.75) is 84.3 Å². The fraction of sp³-hybridized carbons (Fsp3) is 1.00. The first-order chi connectivity index (χ1) is 9.76. The summed E-state index contributed by atoms with van der Waals surface area (Å²) in [6.07, 6.45) is 7.22. The Morgan fingerprint density at radius 1 is 1.19 bits per heavy atom. The van der Waals surface area contributed by atoms with E-state index in [0.29, 0.717) is 18.6 Å². The van der Waals surface area contributed by atoms with Gasteiger partial charge in [0.05, 0.1) is 11.7 Å². The minimum absolute atomic E-state index is 0.0913. The molecule has 1 aliphatic carbocycles. The van der Waals surface area contributed by atoms with Gasteiger partial charge in [-0.25, -0.2) is 0 Å². The third-order valence-electron chi connectivity index (χ3n) is 6.44. The first kappa shape index (κ1) is 17.2. The number of hydrogen-bond donors (Lipinski definition) is 2. The molecule has 2 unspecified atom stereocenters. The molecule has 1 aliphatic heterocycles. The third-order valence-corrected chi connectivity index (χ3v) is 6.44. The van der Waals surface area contributed by atoms with Crippen molar-refractivity contribution in [2.24, 2.45) is 22.5 Å². The van der Waals surface area contributed by atoms with E-state index in [-0.39, 0.29) is 11.5 Å². The minimum atomic E-state index is -0.621.